The molecule has 2 rings (SSSR count). The molecule has 0 saturated carbocycles. The van der Waals surface area contributed by atoms with Crippen LogP contribution < -0.4 is 5.32 Å². The molecule has 0 atom stereocenters. The highest BCUT2D eigenvalue weighted by atomic mass is 16.3. The Morgan fingerprint density at radius 1 is 1.47 bits per heavy atom. The molecule has 0 spiro atoms. The van der Waals surface area contributed by atoms with Crippen molar-refractivity contribution in [2.45, 2.75) is 19.8 Å². The number of aryl methyl sites for hydroxylation is 1. The van der Waals surface area contributed by atoms with E-state index in [1.807, 2.05) is 13.0 Å². The van der Waals surface area contributed by atoms with E-state index in [1.165, 1.54) is 0 Å². The number of furan rings is 1. The van der Waals surface area contributed by atoms with Gasteiger partial charge in [-0.25, -0.2) is 0 Å². The largest absolute Gasteiger partial charge is 0.462 e. The summed E-state index contributed by atoms with van der Waals surface area (Å²) in [6.07, 6.45) is 2.56. The third kappa shape index (κ3) is 1.98. The lowest BCUT2D eigenvalue weighted by Gasteiger charge is -1.90. The fraction of sp³-hybridized carbons (Fsp3) is 0.273. The maximum Gasteiger partial charge on any atom is 0.254 e. The number of carbonyl (C=O) groups is 2. The predicted octanol–water partition coefficient (Wildman–Crippen LogP) is 1.27. The van der Waals surface area contributed by atoms with Gasteiger partial charge < -0.3 is 4.42 Å². The summed E-state index contributed by atoms with van der Waals surface area (Å²) in [5.74, 6) is 0.904. The van der Waals surface area contributed by atoms with Crippen LogP contribution in [0, 0.1) is 0 Å². The molecule has 0 aliphatic carbocycles. The van der Waals surface area contributed by atoms with Crippen molar-refractivity contribution >= 4 is 17.9 Å². The maximum atomic E-state index is 11.2. The summed E-state index contributed by atoms with van der Waals surface area (Å²) in [5.41, 5.74) is 0.456. The number of rotatable bonds is 2. The molecule has 1 aliphatic heterocycles. The van der Waals surface area contributed by atoms with Gasteiger partial charge in [0.05, 0.1) is 6.42 Å². The molecular weight excluding hydrogens is 194 g/mol. The van der Waals surface area contributed by atoms with E-state index in [1.54, 1.807) is 12.1 Å². The number of hydrogen-bond acceptors (Lipinski definition) is 3. The van der Waals surface area contributed by atoms with E-state index in [4.69, 9.17) is 4.42 Å². The second-order valence-corrected chi connectivity index (χ2v) is 3.38. The van der Waals surface area contributed by atoms with Gasteiger partial charge in [-0.3, -0.25) is 14.9 Å². The van der Waals surface area contributed by atoms with Gasteiger partial charge in [0, 0.05) is 12.0 Å². The average molecular weight is 205 g/mol. The van der Waals surface area contributed by atoms with Crippen molar-refractivity contribution < 1.29 is 14.0 Å². The standard InChI is InChI=1S/C11H11NO3/c1-2-8-3-4-9(15-8)5-7-6-10(13)12-11(7)14/h3-5H,2,6H2,1H3,(H,12,13,14). The fourth-order valence-corrected chi connectivity index (χ4v) is 1.45. The smallest absolute Gasteiger partial charge is 0.254 e. The highest BCUT2D eigenvalue weighted by Crippen LogP contribution is 2.16. The molecule has 4 heteroatoms. The lowest BCUT2D eigenvalue weighted by Crippen LogP contribution is -2.19. The van der Waals surface area contributed by atoms with Crippen molar-refractivity contribution in [1.29, 1.82) is 0 Å². The number of carbonyl (C=O) groups excluding carboxylic acids is 2. The quantitative estimate of drug-likeness (QED) is 0.584. The molecule has 1 N–H and O–H groups in total. The van der Waals surface area contributed by atoms with Gasteiger partial charge in [-0.05, 0) is 18.2 Å². The molecule has 0 unspecified atom stereocenters. The molecule has 2 amide bonds. The van der Waals surface area contributed by atoms with E-state index in [9.17, 15) is 9.59 Å². The van der Waals surface area contributed by atoms with Crippen molar-refractivity contribution in [3.8, 4) is 0 Å². The zero-order valence-corrected chi connectivity index (χ0v) is 8.37. The molecule has 0 radical (unpaired) electrons. The molecule has 78 valence electrons. The van der Waals surface area contributed by atoms with Crippen LogP contribution in [0.3, 0.4) is 0 Å². The van der Waals surface area contributed by atoms with Crippen LogP contribution in [0.25, 0.3) is 6.08 Å². The lowest BCUT2D eigenvalue weighted by atomic mass is 10.2. The van der Waals surface area contributed by atoms with Crippen molar-refractivity contribution in [3.05, 3.63) is 29.2 Å². The molecule has 1 saturated heterocycles. The fourth-order valence-electron chi connectivity index (χ4n) is 1.45. The SMILES string of the molecule is CCc1ccc(C=C2CC(=O)NC2=O)o1. The Morgan fingerprint density at radius 2 is 2.27 bits per heavy atom. The van der Waals surface area contributed by atoms with E-state index < -0.39 is 0 Å². The Kier molecular flexibility index (Phi) is 2.41. The normalized spacial score (nSPS) is 18.6. The van der Waals surface area contributed by atoms with Gasteiger partial charge in [0.1, 0.15) is 11.5 Å². The van der Waals surface area contributed by atoms with E-state index >= 15 is 0 Å². The number of nitrogens with one attached hydrogen (secondary N) is 1. The number of hydrogen-bond donors (Lipinski definition) is 1. The molecule has 2 heterocycles. The molecular formula is C11H11NO3. The first kappa shape index (κ1) is 9.71. The Labute approximate surface area is 87.0 Å². The first-order valence-corrected chi connectivity index (χ1v) is 4.82. The first-order valence-electron chi connectivity index (χ1n) is 4.82. The highest BCUT2D eigenvalue weighted by molar-refractivity contribution is 6.15. The minimum absolute atomic E-state index is 0.140. The Hall–Kier alpha value is -1.84. The molecule has 4 nitrogen and oxygen atoms in total. The zero-order valence-electron chi connectivity index (χ0n) is 8.37. The summed E-state index contributed by atoms with van der Waals surface area (Å²) in [4.78, 5) is 22.1. The molecule has 0 aromatic carbocycles. The predicted molar refractivity (Wildman–Crippen MR) is 53.8 cm³/mol. The van der Waals surface area contributed by atoms with Gasteiger partial charge >= 0.3 is 0 Å². The lowest BCUT2D eigenvalue weighted by molar-refractivity contribution is -0.124. The second-order valence-electron chi connectivity index (χ2n) is 3.38. The minimum atomic E-state index is -0.325. The van der Waals surface area contributed by atoms with Crippen LogP contribution in [0.4, 0.5) is 0 Å². The third-order valence-electron chi connectivity index (χ3n) is 2.24. The zero-order chi connectivity index (χ0) is 10.8. The van der Waals surface area contributed by atoms with Gasteiger partial charge in [-0.15, -0.1) is 0 Å². The molecule has 1 aliphatic rings. The first-order chi connectivity index (χ1) is 7.19. The van der Waals surface area contributed by atoms with E-state index in [0.717, 1.165) is 12.2 Å². The molecule has 15 heavy (non-hydrogen) atoms. The van der Waals surface area contributed by atoms with Gasteiger partial charge in [0.25, 0.3) is 5.91 Å². The Morgan fingerprint density at radius 3 is 2.80 bits per heavy atom. The summed E-state index contributed by atoms with van der Waals surface area (Å²) >= 11 is 0. The molecule has 0 bridgehead atoms. The summed E-state index contributed by atoms with van der Waals surface area (Å²) in [6.45, 7) is 1.99. The minimum Gasteiger partial charge on any atom is -0.462 e. The molecule has 1 aromatic rings. The van der Waals surface area contributed by atoms with Gasteiger partial charge in [-0.2, -0.15) is 0 Å². The van der Waals surface area contributed by atoms with E-state index in [0.29, 0.717) is 11.3 Å². The van der Waals surface area contributed by atoms with E-state index in [-0.39, 0.29) is 18.2 Å². The van der Waals surface area contributed by atoms with Crippen molar-refractivity contribution in [3.63, 3.8) is 0 Å². The molecule has 1 aromatic heterocycles. The monoisotopic (exact) mass is 205 g/mol. The van der Waals surface area contributed by atoms with Crippen LogP contribution in [0.15, 0.2) is 22.1 Å². The Bertz CT molecular complexity index is 442. The van der Waals surface area contributed by atoms with Crippen LogP contribution >= 0.6 is 0 Å². The molecule has 1 fully saturated rings. The summed E-state index contributed by atoms with van der Waals surface area (Å²) in [6, 6.07) is 3.66. The third-order valence-corrected chi connectivity index (χ3v) is 2.24. The van der Waals surface area contributed by atoms with Crippen molar-refractivity contribution in [1.82, 2.24) is 5.32 Å². The topological polar surface area (TPSA) is 59.3 Å². The summed E-state index contributed by atoms with van der Waals surface area (Å²) in [5, 5.41) is 2.22. The average Bonchev–Trinajstić information content (AvgIpc) is 2.75. The summed E-state index contributed by atoms with van der Waals surface area (Å²) in [7, 11) is 0. The Balaban J connectivity index is 2.22. The van der Waals surface area contributed by atoms with Crippen LogP contribution in [-0.4, -0.2) is 11.8 Å². The van der Waals surface area contributed by atoms with Crippen molar-refractivity contribution in [2.75, 3.05) is 0 Å². The number of amides is 2. The number of imide groups is 1. The summed E-state index contributed by atoms with van der Waals surface area (Å²) < 4.78 is 5.41. The van der Waals surface area contributed by atoms with Gasteiger partial charge in [0.2, 0.25) is 5.91 Å². The van der Waals surface area contributed by atoms with Crippen LogP contribution in [0.1, 0.15) is 24.9 Å². The highest BCUT2D eigenvalue weighted by Gasteiger charge is 2.23. The van der Waals surface area contributed by atoms with Crippen LogP contribution in [0.2, 0.25) is 0 Å². The van der Waals surface area contributed by atoms with Crippen molar-refractivity contribution in [2.24, 2.45) is 0 Å². The maximum absolute atomic E-state index is 11.2. The second kappa shape index (κ2) is 3.73. The van der Waals surface area contributed by atoms with Gasteiger partial charge in [0.15, 0.2) is 0 Å². The van der Waals surface area contributed by atoms with Crippen LogP contribution in [-0.2, 0) is 16.0 Å². The van der Waals surface area contributed by atoms with Crippen LogP contribution in [0.5, 0.6) is 0 Å². The van der Waals surface area contributed by atoms with Gasteiger partial charge in [-0.1, -0.05) is 6.92 Å². The van der Waals surface area contributed by atoms with E-state index in [2.05, 4.69) is 5.32 Å².